The summed E-state index contributed by atoms with van der Waals surface area (Å²) in [4.78, 5) is 9.69. The fourth-order valence-corrected chi connectivity index (χ4v) is 4.77. The predicted octanol–water partition coefficient (Wildman–Crippen LogP) is 1.85. The highest BCUT2D eigenvalue weighted by Gasteiger charge is 2.25. The maximum Gasteiger partial charge on any atom is 0.283 e. The third kappa shape index (κ3) is 2.05. The van der Waals surface area contributed by atoms with Crippen LogP contribution in [-0.2, 0) is 10.0 Å². The normalized spacial score (nSPS) is 12.1. The topological polar surface area (TPSA) is 102 Å². The number of imidazole rings is 1. The van der Waals surface area contributed by atoms with Gasteiger partial charge in [0.05, 0.1) is 5.69 Å². The van der Waals surface area contributed by atoms with Crippen LogP contribution in [0.2, 0.25) is 0 Å². The van der Waals surface area contributed by atoms with Crippen LogP contribution < -0.4 is 10.5 Å². The van der Waals surface area contributed by atoms with Crippen molar-refractivity contribution in [2.75, 3.05) is 10.5 Å². The minimum absolute atomic E-state index is 0.0191. The van der Waals surface area contributed by atoms with Gasteiger partial charge in [-0.15, -0.1) is 22.7 Å². The highest BCUT2D eigenvalue weighted by molar-refractivity contribution is 7.93. The van der Waals surface area contributed by atoms with E-state index < -0.39 is 10.0 Å². The van der Waals surface area contributed by atoms with E-state index in [0.29, 0.717) is 10.1 Å². The Balaban J connectivity index is 2.07. The highest BCUT2D eigenvalue weighted by atomic mass is 32.2. The minimum Gasteiger partial charge on any atom is -0.381 e. The molecule has 0 fully saturated rings. The molecule has 0 amide bonds. The second-order valence-corrected chi connectivity index (χ2v) is 7.80. The number of hydrogen-bond donors (Lipinski definition) is 2. The average molecular weight is 329 g/mol. The zero-order valence-corrected chi connectivity index (χ0v) is 13.1. The van der Waals surface area contributed by atoms with Crippen LogP contribution in [0.3, 0.4) is 0 Å². The second-order valence-electron chi connectivity index (χ2n) is 4.12. The van der Waals surface area contributed by atoms with Gasteiger partial charge in [0.1, 0.15) is 0 Å². The lowest BCUT2D eigenvalue weighted by Gasteiger charge is -2.04. The Morgan fingerprint density at radius 1 is 1.35 bits per heavy atom. The van der Waals surface area contributed by atoms with Gasteiger partial charge >= 0.3 is 0 Å². The van der Waals surface area contributed by atoms with Crippen LogP contribution in [0.5, 0.6) is 0 Å². The molecule has 0 bridgehead atoms. The van der Waals surface area contributed by atoms with Crippen LogP contribution in [0.1, 0.15) is 10.6 Å². The summed E-state index contributed by atoms with van der Waals surface area (Å²) in [6.07, 6.45) is 1.62. The number of nitrogens with zero attached hydrogens (tertiary/aromatic N) is 3. The first kappa shape index (κ1) is 13.3. The summed E-state index contributed by atoms with van der Waals surface area (Å²) in [5.74, 6) is -0.0191. The summed E-state index contributed by atoms with van der Waals surface area (Å²) >= 11 is 2.60. The molecule has 3 heterocycles. The molecule has 0 aromatic carbocycles. The molecule has 0 aliphatic heterocycles. The molecule has 3 aromatic heterocycles. The van der Waals surface area contributed by atoms with Crippen LogP contribution in [0.4, 0.5) is 10.9 Å². The van der Waals surface area contributed by atoms with Gasteiger partial charge in [0, 0.05) is 16.5 Å². The van der Waals surface area contributed by atoms with Crippen molar-refractivity contribution in [1.82, 2.24) is 14.4 Å². The summed E-state index contributed by atoms with van der Waals surface area (Å²) in [5, 5.41) is 2.02. The summed E-state index contributed by atoms with van der Waals surface area (Å²) < 4.78 is 28.8. The SMILES string of the molecule is Cc1nc(NS(=O)(=O)c2c(N)nc3sccn23)sc1C. The molecule has 7 nitrogen and oxygen atoms in total. The number of nitrogens with one attached hydrogen (secondary N) is 1. The summed E-state index contributed by atoms with van der Waals surface area (Å²) in [6, 6.07) is 0. The lowest BCUT2D eigenvalue weighted by Crippen LogP contribution is -2.16. The monoisotopic (exact) mass is 329 g/mol. The van der Waals surface area contributed by atoms with Gasteiger partial charge in [-0.3, -0.25) is 9.12 Å². The Morgan fingerprint density at radius 3 is 2.75 bits per heavy atom. The average Bonchev–Trinajstić information content (AvgIpc) is 2.93. The molecule has 0 saturated heterocycles. The van der Waals surface area contributed by atoms with Crippen molar-refractivity contribution < 1.29 is 8.42 Å². The Labute approximate surface area is 123 Å². The van der Waals surface area contributed by atoms with E-state index in [0.717, 1.165) is 10.6 Å². The Kier molecular flexibility index (Phi) is 2.96. The van der Waals surface area contributed by atoms with Gasteiger partial charge < -0.3 is 5.73 Å². The van der Waals surface area contributed by atoms with Gasteiger partial charge in [-0.1, -0.05) is 0 Å². The molecule has 106 valence electrons. The summed E-state index contributed by atoms with van der Waals surface area (Å²) in [5.41, 5.74) is 6.51. The molecule has 20 heavy (non-hydrogen) atoms. The molecule has 3 rings (SSSR count). The van der Waals surface area contributed by atoms with Crippen LogP contribution in [0, 0.1) is 13.8 Å². The molecule has 0 saturated carbocycles. The molecule has 0 spiro atoms. The Hall–Kier alpha value is -1.65. The standard InChI is InChI=1S/C10H11N5O2S3/c1-5-6(2)19-9(12-5)14-20(16,17)8-7(11)13-10-15(8)3-4-18-10/h3-4H,11H2,1-2H3,(H,12,14). The number of anilines is 2. The molecular formula is C10H11N5O2S3. The molecule has 3 N–H and O–H groups in total. The number of rotatable bonds is 3. The van der Waals surface area contributed by atoms with E-state index in [1.54, 1.807) is 11.6 Å². The smallest absolute Gasteiger partial charge is 0.283 e. The summed E-state index contributed by atoms with van der Waals surface area (Å²) in [7, 11) is -3.82. The second kappa shape index (κ2) is 4.43. The van der Waals surface area contributed by atoms with Crippen LogP contribution >= 0.6 is 22.7 Å². The number of fused-ring (bicyclic) bond motifs is 1. The molecule has 10 heteroatoms. The third-order valence-corrected chi connectivity index (χ3v) is 6.00. The van der Waals surface area contributed by atoms with Gasteiger partial charge in [0.25, 0.3) is 10.0 Å². The first-order valence-corrected chi connectivity index (χ1v) is 8.74. The molecule has 0 aliphatic carbocycles. The molecular weight excluding hydrogens is 318 g/mol. The van der Waals surface area contributed by atoms with E-state index in [1.165, 1.54) is 27.1 Å². The predicted molar refractivity (Wildman–Crippen MR) is 79.9 cm³/mol. The van der Waals surface area contributed by atoms with Crippen molar-refractivity contribution in [3.05, 3.63) is 22.1 Å². The zero-order chi connectivity index (χ0) is 14.5. The van der Waals surface area contributed by atoms with Crippen molar-refractivity contribution in [3.8, 4) is 0 Å². The van der Waals surface area contributed by atoms with E-state index in [4.69, 9.17) is 5.73 Å². The number of hydrogen-bond acceptors (Lipinski definition) is 7. The molecule has 0 atom stereocenters. The van der Waals surface area contributed by atoms with Crippen LogP contribution in [-0.4, -0.2) is 22.8 Å². The van der Waals surface area contributed by atoms with Crippen molar-refractivity contribution >= 4 is 48.6 Å². The van der Waals surface area contributed by atoms with Gasteiger partial charge in [0.15, 0.2) is 15.9 Å². The van der Waals surface area contributed by atoms with E-state index in [2.05, 4.69) is 14.7 Å². The maximum atomic E-state index is 12.4. The number of thiazole rings is 2. The van der Waals surface area contributed by atoms with E-state index in [-0.39, 0.29) is 10.8 Å². The Morgan fingerprint density at radius 2 is 2.10 bits per heavy atom. The van der Waals surface area contributed by atoms with Crippen molar-refractivity contribution in [2.24, 2.45) is 0 Å². The van der Waals surface area contributed by atoms with Gasteiger partial charge in [-0.05, 0) is 13.8 Å². The van der Waals surface area contributed by atoms with Gasteiger partial charge in [-0.2, -0.15) is 8.42 Å². The van der Waals surface area contributed by atoms with Crippen molar-refractivity contribution in [1.29, 1.82) is 0 Å². The number of aryl methyl sites for hydroxylation is 2. The molecule has 3 aromatic rings. The first-order valence-electron chi connectivity index (χ1n) is 5.56. The van der Waals surface area contributed by atoms with Gasteiger partial charge in [0.2, 0.25) is 5.03 Å². The van der Waals surface area contributed by atoms with Crippen LogP contribution in [0.25, 0.3) is 4.96 Å². The number of aromatic nitrogens is 3. The number of nitrogens with two attached hydrogens (primary N) is 1. The fourth-order valence-electron chi connectivity index (χ4n) is 1.73. The summed E-state index contributed by atoms with van der Waals surface area (Å²) in [6.45, 7) is 3.71. The van der Waals surface area contributed by atoms with Crippen LogP contribution in [0.15, 0.2) is 16.6 Å². The number of sulfonamides is 1. The van der Waals surface area contributed by atoms with E-state index in [9.17, 15) is 8.42 Å². The molecule has 0 unspecified atom stereocenters. The maximum absolute atomic E-state index is 12.4. The lowest BCUT2D eigenvalue weighted by molar-refractivity contribution is 0.597. The first-order chi connectivity index (χ1) is 9.38. The largest absolute Gasteiger partial charge is 0.381 e. The fraction of sp³-hybridized carbons (Fsp3) is 0.200. The number of nitrogen functional groups attached to an aromatic ring is 1. The molecule has 0 radical (unpaired) electrons. The molecule has 0 aliphatic rings. The zero-order valence-electron chi connectivity index (χ0n) is 10.6. The highest BCUT2D eigenvalue weighted by Crippen LogP contribution is 2.27. The van der Waals surface area contributed by atoms with Gasteiger partial charge in [-0.25, -0.2) is 9.97 Å². The minimum atomic E-state index is -3.82. The van der Waals surface area contributed by atoms with Crippen molar-refractivity contribution in [2.45, 2.75) is 18.9 Å². The quantitative estimate of drug-likeness (QED) is 0.763. The lowest BCUT2D eigenvalue weighted by atomic mass is 10.4. The third-order valence-electron chi connectivity index (χ3n) is 2.75. The van der Waals surface area contributed by atoms with Crippen molar-refractivity contribution in [3.63, 3.8) is 0 Å². The van der Waals surface area contributed by atoms with E-state index in [1.807, 2.05) is 13.8 Å². The Bertz CT molecular complexity index is 870. The van der Waals surface area contributed by atoms with E-state index >= 15 is 0 Å².